The van der Waals surface area contributed by atoms with Gasteiger partial charge in [0.25, 0.3) is 0 Å². The highest BCUT2D eigenvalue weighted by atomic mass is 16.7. The van der Waals surface area contributed by atoms with Gasteiger partial charge < -0.3 is 25.0 Å². The van der Waals surface area contributed by atoms with Gasteiger partial charge in [0.1, 0.15) is 0 Å². The van der Waals surface area contributed by atoms with E-state index in [2.05, 4.69) is 10.2 Å². The van der Waals surface area contributed by atoms with Crippen molar-refractivity contribution in [2.45, 2.75) is 76.2 Å². The summed E-state index contributed by atoms with van der Waals surface area (Å²) in [6, 6.07) is 15.2. The highest BCUT2D eigenvalue weighted by molar-refractivity contribution is 5.90. The molecule has 2 saturated heterocycles. The van der Waals surface area contributed by atoms with Gasteiger partial charge in [-0.15, -0.1) is 0 Å². The number of amides is 2. The van der Waals surface area contributed by atoms with Crippen LogP contribution in [0.5, 0.6) is 0 Å². The van der Waals surface area contributed by atoms with Crippen molar-refractivity contribution in [2.24, 2.45) is 0 Å². The van der Waals surface area contributed by atoms with E-state index in [1.54, 1.807) is 5.48 Å². The van der Waals surface area contributed by atoms with Gasteiger partial charge in [-0.1, -0.05) is 42.8 Å². The molecular formula is C29H39N3O7. The average molecular weight is 542 g/mol. The van der Waals surface area contributed by atoms with Gasteiger partial charge in [0.2, 0.25) is 11.8 Å². The Bertz CT molecular complexity index is 1080. The molecule has 2 heterocycles. The summed E-state index contributed by atoms with van der Waals surface area (Å²) in [4.78, 5) is 25.8. The number of anilines is 1. The number of benzene rings is 2. The van der Waals surface area contributed by atoms with Crippen LogP contribution in [-0.4, -0.2) is 64.0 Å². The van der Waals surface area contributed by atoms with E-state index in [0.29, 0.717) is 50.9 Å². The van der Waals surface area contributed by atoms with Gasteiger partial charge in [-0.3, -0.25) is 19.7 Å². The molecule has 0 radical (unpaired) electrons. The highest BCUT2D eigenvalue weighted by Gasteiger charge is 2.34. The van der Waals surface area contributed by atoms with Crippen molar-refractivity contribution in [3.05, 3.63) is 65.2 Å². The van der Waals surface area contributed by atoms with Crippen molar-refractivity contribution < 1.29 is 34.5 Å². The normalized spacial score (nSPS) is 23.5. The first-order chi connectivity index (χ1) is 18.9. The monoisotopic (exact) mass is 541 g/mol. The molecule has 4 atom stereocenters. The lowest BCUT2D eigenvalue weighted by atomic mass is 9.99. The lowest BCUT2D eigenvalue weighted by Gasteiger charge is -2.38. The predicted molar refractivity (Wildman–Crippen MR) is 144 cm³/mol. The lowest BCUT2D eigenvalue weighted by Crippen LogP contribution is -2.38. The number of hydrogen-bond donors (Lipinski definition) is 5. The quantitative estimate of drug-likeness (QED) is 0.157. The molecule has 2 aliphatic heterocycles. The third-order valence-corrected chi connectivity index (χ3v) is 7.20. The maximum absolute atomic E-state index is 12.5. The third kappa shape index (κ3) is 8.82. The summed E-state index contributed by atoms with van der Waals surface area (Å²) < 4.78 is 12.8. The SMILES string of the molecule is O=C(CCCCCC(=O)Nc1cccc(C2OC(CN3CCC(O)C3)CC(c3ccc(CO)cc3)O2)c1)NO. The zero-order chi connectivity index (χ0) is 27.6. The Balaban J connectivity index is 1.39. The van der Waals surface area contributed by atoms with Gasteiger partial charge in [0.05, 0.1) is 24.9 Å². The Morgan fingerprint density at radius 2 is 1.74 bits per heavy atom. The van der Waals surface area contributed by atoms with E-state index >= 15 is 0 Å². The number of rotatable bonds is 12. The molecule has 0 bridgehead atoms. The summed E-state index contributed by atoms with van der Waals surface area (Å²) in [6.07, 6.45) is 2.69. The molecule has 39 heavy (non-hydrogen) atoms. The molecule has 2 fully saturated rings. The third-order valence-electron chi connectivity index (χ3n) is 7.20. The maximum Gasteiger partial charge on any atom is 0.243 e. The Hall–Kier alpha value is -2.86. The van der Waals surface area contributed by atoms with Gasteiger partial charge in [-0.25, -0.2) is 5.48 Å². The lowest BCUT2D eigenvalue weighted by molar-refractivity contribution is -0.252. The minimum absolute atomic E-state index is 0.0170. The molecule has 2 aliphatic rings. The number of hydroxylamine groups is 1. The van der Waals surface area contributed by atoms with Crippen molar-refractivity contribution in [3.8, 4) is 0 Å². The zero-order valence-electron chi connectivity index (χ0n) is 22.1. The van der Waals surface area contributed by atoms with Crippen LogP contribution in [0, 0.1) is 0 Å². The van der Waals surface area contributed by atoms with E-state index < -0.39 is 12.2 Å². The molecule has 4 rings (SSSR count). The van der Waals surface area contributed by atoms with Crippen molar-refractivity contribution in [1.82, 2.24) is 10.4 Å². The van der Waals surface area contributed by atoms with Crippen LogP contribution in [0.15, 0.2) is 48.5 Å². The van der Waals surface area contributed by atoms with Crippen LogP contribution >= 0.6 is 0 Å². The molecular weight excluding hydrogens is 502 g/mol. The number of β-amino-alcohol motifs (C(OH)–C–C–N with tert-alkyl or cyclic N) is 1. The first kappa shape index (κ1) is 29.1. The molecule has 212 valence electrons. The number of aliphatic hydroxyl groups excluding tert-OH is 2. The predicted octanol–water partition coefficient (Wildman–Crippen LogP) is 3.19. The molecule has 5 N–H and O–H groups in total. The molecule has 10 nitrogen and oxygen atoms in total. The van der Waals surface area contributed by atoms with Crippen LogP contribution in [0.3, 0.4) is 0 Å². The van der Waals surface area contributed by atoms with Crippen LogP contribution in [0.2, 0.25) is 0 Å². The molecule has 0 aliphatic carbocycles. The van der Waals surface area contributed by atoms with E-state index in [1.165, 1.54) is 0 Å². The summed E-state index contributed by atoms with van der Waals surface area (Å²) in [6.45, 7) is 2.14. The Labute approximate surface area is 228 Å². The molecule has 0 saturated carbocycles. The number of aliphatic hydroxyl groups is 2. The summed E-state index contributed by atoms with van der Waals surface area (Å²) in [5, 5.41) is 30.9. The van der Waals surface area contributed by atoms with E-state index in [0.717, 1.165) is 29.7 Å². The molecule has 0 aromatic heterocycles. The van der Waals surface area contributed by atoms with E-state index in [-0.39, 0.29) is 37.2 Å². The second kappa shape index (κ2) is 14.5. The fourth-order valence-corrected chi connectivity index (χ4v) is 5.09. The number of carbonyl (C=O) groups excluding carboxylic acids is 2. The molecule has 2 aromatic carbocycles. The fourth-order valence-electron chi connectivity index (χ4n) is 5.09. The van der Waals surface area contributed by atoms with E-state index in [1.807, 2.05) is 48.5 Å². The van der Waals surface area contributed by atoms with Crippen LogP contribution < -0.4 is 10.8 Å². The standard InChI is InChI=1S/C29H39N3O7/c33-19-20-9-11-21(12-10-20)26-16-25(18-32-14-13-24(34)17-32)38-29(39-26)22-5-4-6-23(15-22)30-27(35)7-2-1-3-8-28(36)31-37/h4-6,9-12,15,24-26,29,33-34,37H,1-3,7-8,13-14,16-19H2,(H,30,35)(H,31,36). The Morgan fingerprint density at radius 3 is 2.44 bits per heavy atom. The van der Waals surface area contributed by atoms with Gasteiger partial charge in [0, 0.05) is 50.1 Å². The molecule has 10 heteroatoms. The number of carbonyl (C=O) groups is 2. The van der Waals surface area contributed by atoms with Crippen LogP contribution in [0.1, 0.15) is 74.0 Å². The first-order valence-electron chi connectivity index (χ1n) is 13.7. The summed E-state index contributed by atoms with van der Waals surface area (Å²) in [5.74, 6) is -0.537. The zero-order valence-corrected chi connectivity index (χ0v) is 22.1. The number of ether oxygens (including phenoxy) is 2. The van der Waals surface area contributed by atoms with Gasteiger partial charge >= 0.3 is 0 Å². The smallest absolute Gasteiger partial charge is 0.243 e. The largest absolute Gasteiger partial charge is 0.392 e. The number of unbranched alkanes of at least 4 members (excludes halogenated alkanes) is 2. The number of likely N-dealkylation sites (tertiary alicyclic amines) is 1. The number of nitrogens with one attached hydrogen (secondary N) is 2. The van der Waals surface area contributed by atoms with Gasteiger partial charge in [-0.2, -0.15) is 0 Å². The molecule has 2 amide bonds. The topological polar surface area (TPSA) is 141 Å². The second-order valence-electron chi connectivity index (χ2n) is 10.3. The van der Waals surface area contributed by atoms with Crippen LogP contribution in [0.4, 0.5) is 5.69 Å². The minimum Gasteiger partial charge on any atom is -0.392 e. The van der Waals surface area contributed by atoms with Crippen molar-refractivity contribution >= 4 is 17.5 Å². The maximum atomic E-state index is 12.5. The summed E-state index contributed by atoms with van der Waals surface area (Å²) in [5.41, 5.74) is 4.90. The van der Waals surface area contributed by atoms with E-state index in [9.17, 15) is 19.8 Å². The molecule has 2 aromatic rings. The Morgan fingerprint density at radius 1 is 0.974 bits per heavy atom. The molecule has 0 spiro atoms. The number of nitrogens with zero attached hydrogens (tertiary/aromatic N) is 1. The first-order valence-corrected chi connectivity index (χ1v) is 13.7. The fraction of sp³-hybridized carbons (Fsp3) is 0.517. The van der Waals surface area contributed by atoms with E-state index in [4.69, 9.17) is 14.7 Å². The van der Waals surface area contributed by atoms with Crippen molar-refractivity contribution in [2.75, 3.05) is 25.0 Å². The second-order valence-corrected chi connectivity index (χ2v) is 10.3. The van der Waals surface area contributed by atoms with Gasteiger partial charge in [-0.05, 0) is 42.5 Å². The van der Waals surface area contributed by atoms with Crippen molar-refractivity contribution in [3.63, 3.8) is 0 Å². The van der Waals surface area contributed by atoms with Gasteiger partial charge in [0.15, 0.2) is 6.29 Å². The van der Waals surface area contributed by atoms with Crippen LogP contribution in [-0.2, 0) is 25.7 Å². The summed E-state index contributed by atoms with van der Waals surface area (Å²) >= 11 is 0. The average Bonchev–Trinajstić information content (AvgIpc) is 3.36. The van der Waals surface area contributed by atoms with Crippen molar-refractivity contribution in [1.29, 1.82) is 0 Å². The number of hydrogen-bond acceptors (Lipinski definition) is 8. The Kier molecular flexibility index (Phi) is 10.8. The highest BCUT2D eigenvalue weighted by Crippen LogP contribution is 2.39. The van der Waals surface area contributed by atoms with Crippen LogP contribution in [0.25, 0.3) is 0 Å². The minimum atomic E-state index is -0.631. The molecule has 4 unspecified atom stereocenters. The summed E-state index contributed by atoms with van der Waals surface area (Å²) in [7, 11) is 0.